The van der Waals surface area contributed by atoms with E-state index in [0.717, 1.165) is 20.3 Å². The van der Waals surface area contributed by atoms with Crippen LogP contribution in [0.2, 0.25) is 0 Å². The molecular formula is C22H20BrN5O3. The van der Waals surface area contributed by atoms with E-state index in [1.165, 1.54) is 10.8 Å². The van der Waals surface area contributed by atoms with Crippen LogP contribution in [0.4, 0.5) is 0 Å². The number of amides is 1. The molecule has 0 spiro atoms. The van der Waals surface area contributed by atoms with Gasteiger partial charge in [0.1, 0.15) is 24.1 Å². The lowest BCUT2D eigenvalue weighted by atomic mass is 10.1. The molecule has 31 heavy (non-hydrogen) atoms. The SMILES string of the molecule is COc1cccc([C@@H](C)NC(=O)Cn2ncn3nc(-c4ccc(Br)cc4)cc3c2=O)c1. The molecule has 158 valence electrons. The molecule has 8 nitrogen and oxygen atoms in total. The molecule has 0 fully saturated rings. The number of rotatable bonds is 6. The Morgan fingerprint density at radius 3 is 2.71 bits per heavy atom. The van der Waals surface area contributed by atoms with E-state index in [4.69, 9.17) is 4.74 Å². The van der Waals surface area contributed by atoms with E-state index in [1.807, 2.05) is 55.5 Å². The molecule has 2 heterocycles. The molecule has 0 radical (unpaired) electrons. The van der Waals surface area contributed by atoms with Crippen molar-refractivity contribution in [3.8, 4) is 17.0 Å². The van der Waals surface area contributed by atoms with E-state index in [-0.39, 0.29) is 24.1 Å². The van der Waals surface area contributed by atoms with Crippen molar-refractivity contribution >= 4 is 27.4 Å². The number of methoxy groups -OCH3 is 1. The van der Waals surface area contributed by atoms with Crippen LogP contribution in [0.15, 0.2) is 70.2 Å². The second-order valence-corrected chi connectivity index (χ2v) is 7.94. The standard InChI is InChI=1S/C22H20BrN5O3/c1-14(16-4-3-5-18(10-16)31-2)25-21(29)12-27-22(30)20-11-19(26-28(20)13-24-27)15-6-8-17(23)9-7-15/h3-11,13-14H,12H2,1-2H3,(H,25,29)/t14-/m1/s1. The van der Waals surface area contributed by atoms with Gasteiger partial charge in [0.2, 0.25) is 5.91 Å². The lowest BCUT2D eigenvalue weighted by Gasteiger charge is -2.15. The van der Waals surface area contributed by atoms with Gasteiger partial charge in [-0.15, -0.1) is 0 Å². The molecular weight excluding hydrogens is 462 g/mol. The minimum absolute atomic E-state index is 0.192. The average Bonchev–Trinajstić information content (AvgIpc) is 3.21. The predicted octanol–water partition coefficient (Wildman–Crippen LogP) is 3.21. The largest absolute Gasteiger partial charge is 0.497 e. The van der Waals surface area contributed by atoms with Crippen molar-refractivity contribution in [2.45, 2.75) is 19.5 Å². The van der Waals surface area contributed by atoms with Gasteiger partial charge in [-0.3, -0.25) is 9.59 Å². The number of nitrogens with one attached hydrogen (secondary N) is 1. The Hall–Kier alpha value is -3.46. The van der Waals surface area contributed by atoms with Crippen LogP contribution in [0.5, 0.6) is 5.75 Å². The lowest BCUT2D eigenvalue weighted by molar-refractivity contribution is -0.122. The molecule has 1 atom stereocenters. The number of hydrogen-bond acceptors (Lipinski definition) is 5. The predicted molar refractivity (Wildman–Crippen MR) is 120 cm³/mol. The number of nitrogens with zero attached hydrogens (tertiary/aromatic N) is 4. The van der Waals surface area contributed by atoms with Crippen LogP contribution in [-0.4, -0.2) is 32.4 Å². The molecule has 2 aromatic heterocycles. The Bertz CT molecular complexity index is 1300. The zero-order valence-electron chi connectivity index (χ0n) is 16.9. The Kier molecular flexibility index (Phi) is 5.85. The highest BCUT2D eigenvalue weighted by Gasteiger charge is 2.15. The van der Waals surface area contributed by atoms with Crippen molar-refractivity contribution in [1.82, 2.24) is 24.7 Å². The maximum absolute atomic E-state index is 12.8. The van der Waals surface area contributed by atoms with Crippen molar-refractivity contribution in [3.05, 3.63) is 81.3 Å². The summed E-state index contributed by atoms with van der Waals surface area (Å²) in [6, 6.07) is 16.5. The second-order valence-electron chi connectivity index (χ2n) is 7.03. The van der Waals surface area contributed by atoms with E-state index >= 15 is 0 Å². The fourth-order valence-electron chi connectivity index (χ4n) is 3.23. The van der Waals surface area contributed by atoms with Gasteiger partial charge in [-0.05, 0) is 42.8 Å². The molecule has 0 saturated heterocycles. The van der Waals surface area contributed by atoms with Crippen LogP contribution >= 0.6 is 15.9 Å². The van der Waals surface area contributed by atoms with Crippen LogP contribution in [0.1, 0.15) is 18.5 Å². The molecule has 9 heteroatoms. The molecule has 0 aliphatic rings. The summed E-state index contributed by atoms with van der Waals surface area (Å²) < 4.78 is 8.74. The van der Waals surface area contributed by atoms with Crippen molar-refractivity contribution < 1.29 is 9.53 Å². The monoisotopic (exact) mass is 481 g/mol. The number of benzene rings is 2. The number of hydrogen-bond donors (Lipinski definition) is 1. The van der Waals surface area contributed by atoms with Crippen LogP contribution in [0, 0.1) is 0 Å². The van der Waals surface area contributed by atoms with Crippen LogP contribution < -0.4 is 15.6 Å². The van der Waals surface area contributed by atoms with E-state index in [9.17, 15) is 9.59 Å². The van der Waals surface area contributed by atoms with Gasteiger partial charge in [0.15, 0.2) is 0 Å². The summed E-state index contributed by atoms with van der Waals surface area (Å²) in [5.41, 5.74) is 2.39. The van der Waals surface area contributed by atoms with Gasteiger partial charge in [0, 0.05) is 10.0 Å². The Labute approximate surface area is 186 Å². The Morgan fingerprint density at radius 2 is 1.97 bits per heavy atom. The summed E-state index contributed by atoms with van der Waals surface area (Å²) in [4.78, 5) is 25.4. The Balaban J connectivity index is 1.52. The van der Waals surface area contributed by atoms with Crippen LogP contribution in [0.3, 0.4) is 0 Å². The molecule has 4 rings (SSSR count). The number of aromatic nitrogens is 4. The molecule has 0 unspecified atom stereocenters. The van der Waals surface area contributed by atoms with Gasteiger partial charge in [0.05, 0.1) is 18.8 Å². The second kappa shape index (κ2) is 8.73. The zero-order valence-corrected chi connectivity index (χ0v) is 18.5. The molecule has 0 bridgehead atoms. The van der Waals surface area contributed by atoms with E-state index in [2.05, 4.69) is 31.4 Å². The fraction of sp³-hybridized carbons (Fsp3) is 0.182. The van der Waals surface area contributed by atoms with Crippen molar-refractivity contribution in [1.29, 1.82) is 0 Å². The van der Waals surface area contributed by atoms with Crippen LogP contribution in [-0.2, 0) is 11.3 Å². The minimum atomic E-state index is -0.387. The maximum atomic E-state index is 12.8. The molecule has 1 amide bonds. The third-order valence-corrected chi connectivity index (χ3v) is 5.42. The number of ether oxygens (including phenoxy) is 1. The first-order valence-corrected chi connectivity index (χ1v) is 10.4. The number of carbonyl (C=O) groups excluding carboxylic acids is 1. The molecule has 0 aliphatic carbocycles. The molecule has 0 saturated carbocycles. The van der Waals surface area contributed by atoms with Gasteiger partial charge in [-0.1, -0.05) is 40.2 Å². The van der Waals surface area contributed by atoms with E-state index < -0.39 is 0 Å². The van der Waals surface area contributed by atoms with Crippen molar-refractivity contribution in [2.24, 2.45) is 0 Å². The molecule has 4 aromatic rings. The zero-order chi connectivity index (χ0) is 22.0. The smallest absolute Gasteiger partial charge is 0.293 e. The van der Waals surface area contributed by atoms with Gasteiger partial charge >= 0.3 is 0 Å². The first-order chi connectivity index (χ1) is 14.9. The highest BCUT2D eigenvalue weighted by Crippen LogP contribution is 2.21. The fourth-order valence-corrected chi connectivity index (χ4v) is 3.49. The first kappa shape index (κ1) is 20.8. The summed E-state index contributed by atoms with van der Waals surface area (Å²) in [6.07, 6.45) is 1.43. The molecule has 2 aromatic carbocycles. The van der Waals surface area contributed by atoms with Gasteiger partial charge in [-0.2, -0.15) is 10.2 Å². The molecule has 0 aliphatic heterocycles. The first-order valence-electron chi connectivity index (χ1n) is 9.59. The minimum Gasteiger partial charge on any atom is -0.497 e. The molecule has 1 N–H and O–H groups in total. The number of halogens is 1. The van der Waals surface area contributed by atoms with Crippen LogP contribution in [0.25, 0.3) is 16.8 Å². The Morgan fingerprint density at radius 1 is 1.19 bits per heavy atom. The van der Waals surface area contributed by atoms with E-state index in [1.54, 1.807) is 13.2 Å². The summed E-state index contributed by atoms with van der Waals surface area (Å²) in [6.45, 7) is 1.68. The quantitative estimate of drug-likeness (QED) is 0.456. The lowest BCUT2D eigenvalue weighted by Crippen LogP contribution is -2.35. The summed E-state index contributed by atoms with van der Waals surface area (Å²) >= 11 is 3.40. The van der Waals surface area contributed by atoms with Gasteiger partial charge in [0.25, 0.3) is 5.56 Å². The third-order valence-electron chi connectivity index (χ3n) is 4.89. The topological polar surface area (TPSA) is 90.5 Å². The third kappa shape index (κ3) is 4.51. The highest BCUT2D eigenvalue weighted by molar-refractivity contribution is 9.10. The highest BCUT2D eigenvalue weighted by atomic mass is 79.9. The summed E-state index contributed by atoms with van der Waals surface area (Å²) in [5, 5.41) is 11.4. The number of fused-ring (bicyclic) bond motifs is 1. The summed E-state index contributed by atoms with van der Waals surface area (Å²) in [7, 11) is 1.59. The average molecular weight is 482 g/mol. The van der Waals surface area contributed by atoms with Crippen molar-refractivity contribution in [3.63, 3.8) is 0 Å². The maximum Gasteiger partial charge on any atom is 0.293 e. The normalized spacial score (nSPS) is 12.0. The number of carbonyl (C=O) groups is 1. The summed E-state index contributed by atoms with van der Waals surface area (Å²) in [5.74, 6) is 0.395. The van der Waals surface area contributed by atoms with Gasteiger partial charge in [-0.25, -0.2) is 9.20 Å². The van der Waals surface area contributed by atoms with E-state index in [0.29, 0.717) is 17.0 Å². The van der Waals surface area contributed by atoms with Gasteiger partial charge < -0.3 is 10.1 Å². The van der Waals surface area contributed by atoms with Crippen molar-refractivity contribution in [2.75, 3.05) is 7.11 Å².